The third kappa shape index (κ3) is 2.80. The summed E-state index contributed by atoms with van der Waals surface area (Å²) >= 11 is 7.70. The molecule has 1 rings (SSSR count). The van der Waals surface area contributed by atoms with Crippen molar-refractivity contribution >= 4 is 40.1 Å². The van der Waals surface area contributed by atoms with Crippen molar-refractivity contribution in [3.8, 4) is 0 Å². The van der Waals surface area contributed by atoms with Crippen molar-refractivity contribution in [1.29, 1.82) is 0 Å². The lowest BCUT2D eigenvalue weighted by Gasteiger charge is -2.25. The molecule has 0 aromatic heterocycles. The van der Waals surface area contributed by atoms with Crippen LogP contribution < -0.4 is 0 Å². The summed E-state index contributed by atoms with van der Waals surface area (Å²) in [4.78, 5) is 24.0. The predicted molar refractivity (Wildman–Crippen MR) is 75.4 cm³/mol. The monoisotopic (exact) mass is 314 g/mol. The highest BCUT2D eigenvalue weighted by Crippen LogP contribution is 2.33. The largest absolute Gasteiger partial charge is 0.297 e. The van der Waals surface area contributed by atoms with Crippen LogP contribution >= 0.6 is 28.6 Å². The van der Waals surface area contributed by atoms with E-state index < -0.39 is 4.75 Å². The first kappa shape index (κ1) is 14.5. The average Bonchev–Trinajstić information content (AvgIpc) is 2.36. The van der Waals surface area contributed by atoms with Crippen molar-refractivity contribution in [3.63, 3.8) is 0 Å². The Hall–Kier alpha value is -0.610. The molecule has 0 saturated carbocycles. The molecule has 0 fully saturated rings. The Balaban J connectivity index is 3.28. The van der Waals surface area contributed by atoms with Gasteiger partial charge in [0.1, 0.15) is 0 Å². The lowest BCUT2D eigenvalue weighted by atomic mass is 9.87. The first-order valence-corrected chi connectivity index (χ1v) is 6.75. The molecule has 0 atom stereocenters. The van der Waals surface area contributed by atoms with Crippen molar-refractivity contribution < 1.29 is 9.59 Å². The molecule has 0 unspecified atom stereocenters. The topological polar surface area (TPSA) is 34.1 Å². The third-order valence-corrected chi connectivity index (χ3v) is 4.00. The Morgan fingerprint density at radius 1 is 1.12 bits per heavy atom. The summed E-state index contributed by atoms with van der Waals surface area (Å²) in [6.07, 6.45) is 0.594. The zero-order valence-corrected chi connectivity index (χ0v) is 12.3. The molecule has 4 heteroatoms. The molecule has 2 nitrogen and oxygen atoms in total. The fourth-order valence-corrected chi connectivity index (χ4v) is 2.41. The molecule has 0 radical (unpaired) electrons. The second-order valence-corrected chi connectivity index (χ2v) is 5.36. The van der Waals surface area contributed by atoms with Crippen LogP contribution in [0.1, 0.15) is 32.3 Å². The van der Waals surface area contributed by atoms with Gasteiger partial charge in [-0.2, -0.15) is 12.6 Å². The van der Waals surface area contributed by atoms with E-state index >= 15 is 0 Å². The Morgan fingerprint density at radius 3 is 1.88 bits per heavy atom. The van der Waals surface area contributed by atoms with Crippen LogP contribution in [0.4, 0.5) is 0 Å². The van der Waals surface area contributed by atoms with E-state index in [1.807, 2.05) is 12.1 Å². The van der Waals surface area contributed by atoms with E-state index in [0.29, 0.717) is 18.4 Å². The fourth-order valence-electron chi connectivity index (χ4n) is 1.68. The highest BCUT2D eigenvalue weighted by Gasteiger charge is 2.41. The summed E-state index contributed by atoms with van der Waals surface area (Å²) in [5, 5.41) is 0. The summed E-state index contributed by atoms with van der Waals surface area (Å²) in [5.74, 6) is -0.315. The number of Topliss-reactive ketones (excluding diaryl/α,β-unsaturated/α-hetero) is 2. The number of ketones is 2. The van der Waals surface area contributed by atoms with Crippen LogP contribution in [0.15, 0.2) is 28.7 Å². The Morgan fingerprint density at radius 2 is 1.53 bits per heavy atom. The maximum absolute atomic E-state index is 12.0. The molecule has 1 aromatic rings. The molecule has 17 heavy (non-hydrogen) atoms. The normalized spacial score (nSPS) is 11.3. The number of thiol groups is 1. The maximum atomic E-state index is 12.0. The van der Waals surface area contributed by atoms with E-state index in [4.69, 9.17) is 0 Å². The summed E-state index contributed by atoms with van der Waals surface area (Å²) in [6, 6.07) is 7.15. The zero-order valence-electron chi connectivity index (χ0n) is 9.87. The molecule has 0 amide bonds. The van der Waals surface area contributed by atoms with Gasteiger partial charge in [-0.05, 0) is 17.7 Å². The van der Waals surface area contributed by atoms with Crippen LogP contribution in [0.5, 0.6) is 0 Å². The molecule has 0 aliphatic carbocycles. The van der Waals surface area contributed by atoms with Crippen molar-refractivity contribution in [2.75, 3.05) is 0 Å². The molecule has 1 aromatic carbocycles. The van der Waals surface area contributed by atoms with Gasteiger partial charge in [-0.25, -0.2) is 0 Å². The van der Waals surface area contributed by atoms with Crippen molar-refractivity contribution in [1.82, 2.24) is 0 Å². The molecule has 0 spiro atoms. The third-order valence-electron chi connectivity index (χ3n) is 2.71. The molecule has 0 bridgehead atoms. The minimum atomic E-state index is -1.30. The van der Waals surface area contributed by atoms with E-state index in [0.717, 1.165) is 4.47 Å². The van der Waals surface area contributed by atoms with Gasteiger partial charge in [-0.3, -0.25) is 9.59 Å². The van der Waals surface area contributed by atoms with Gasteiger partial charge in [-0.1, -0.05) is 41.9 Å². The van der Waals surface area contributed by atoms with Crippen LogP contribution in [0, 0.1) is 0 Å². The molecular weight excluding hydrogens is 300 g/mol. The highest BCUT2D eigenvalue weighted by molar-refractivity contribution is 9.10. The lowest BCUT2D eigenvalue weighted by molar-refractivity contribution is -0.130. The quantitative estimate of drug-likeness (QED) is 0.666. The van der Waals surface area contributed by atoms with E-state index in [1.54, 1.807) is 26.0 Å². The van der Waals surface area contributed by atoms with Crippen LogP contribution in [0.25, 0.3) is 0 Å². The van der Waals surface area contributed by atoms with Crippen LogP contribution in [-0.2, 0) is 14.3 Å². The van der Waals surface area contributed by atoms with E-state index in [1.165, 1.54) is 0 Å². The number of hydrogen-bond donors (Lipinski definition) is 1. The predicted octanol–water partition coefficient (Wildman–Crippen LogP) is 3.53. The van der Waals surface area contributed by atoms with Gasteiger partial charge < -0.3 is 0 Å². The van der Waals surface area contributed by atoms with Gasteiger partial charge in [-0.15, -0.1) is 0 Å². The summed E-state index contributed by atoms with van der Waals surface area (Å²) in [5.41, 5.74) is 0.641. The molecule has 92 valence electrons. The molecule has 0 aliphatic rings. The Labute approximate surface area is 115 Å². The number of carbonyl (C=O) groups is 2. The first-order chi connectivity index (χ1) is 7.96. The van der Waals surface area contributed by atoms with Gasteiger partial charge >= 0.3 is 0 Å². The smallest absolute Gasteiger partial charge is 0.160 e. The molecule has 0 saturated heterocycles. The standard InChI is InChI=1S/C13H15BrO2S/c1-3-11(15)13(17,12(16)4-2)9-5-7-10(14)8-6-9/h5-8,17H,3-4H2,1-2H3. The van der Waals surface area contributed by atoms with E-state index in [-0.39, 0.29) is 11.6 Å². The Kier molecular flexibility index (Phi) is 4.95. The van der Waals surface area contributed by atoms with Crippen LogP contribution in [0.2, 0.25) is 0 Å². The minimum Gasteiger partial charge on any atom is -0.297 e. The average molecular weight is 315 g/mol. The highest BCUT2D eigenvalue weighted by atomic mass is 79.9. The van der Waals surface area contributed by atoms with Crippen LogP contribution in [0.3, 0.4) is 0 Å². The SMILES string of the molecule is CCC(=O)C(S)(C(=O)CC)c1ccc(Br)cc1. The minimum absolute atomic E-state index is 0.157. The molecule has 0 aliphatic heterocycles. The summed E-state index contributed by atoms with van der Waals surface area (Å²) in [6.45, 7) is 3.49. The first-order valence-electron chi connectivity index (χ1n) is 5.51. The van der Waals surface area contributed by atoms with Crippen molar-refractivity contribution in [2.45, 2.75) is 31.4 Å². The number of carbonyl (C=O) groups excluding carboxylic acids is 2. The van der Waals surface area contributed by atoms with Crippen molar-refractivity contribution in [3.05, 3.63) is 34.3 Å². The Bertz CT molecular complexity index is 410. The number of hydrogen-bond acceptors (Lipinski definition) is 3. The zero-order chi connectivity index (χ0) is 13.1. The second kappa shape index (κ2) is 5.83. The number of benzene rings is 1. The van der Waals surface area contributed by atoms with Gasteiger partial charge in [0.2, 0.25) is 0 Å². The van der Waals surface area contributed by atoms with Gasteiger partial charge in [0.15, 0.2) is 16.3 Å². The summed E-state index contributed by atoms with van der Waals surface area (Å²) < 4.78 is -0.394. The van der Waals surface area contributed by atoms with Gasteiger partial charge in [0.25, 0.3) is 0 Å². The number of halogens is 1. The molecule has 0 N–H and O–H groups in total. The molecular formula is C13H15BrO2S. The van der Waals surface area contributed by atoms with Gasteiger partial charge in [0.05, 0.1) is 0 Å². The number of rotatable bonds is 5. The van der Waals surface area contributed by atoms with E-state index in [2.05, 4.69) is 28.6 Å². The van der Waals surface area contributed by atoms with Gasteiger partial charge in [0, 0.05) is 17.3 Å². The second-order valence-electron chi connectivity index (χ2n) is 3.77. The molecule has 0 heterocycles. The van der Waals surface area contributed by atoms with Crippen LogP contribution in [-0.4, -0.2) is 11.6 Å². The summed E-state index contributed by atoms with van der Waals surface area (Å²) in [7, 11) is 0. The lowest BCUT2D eigenvalue weighted by Crippen LogP contribution is -2.38. The maximum Gasteiger partial charge on any atom is 0.160 e. The fraction of sp³-hybridized carbons (Fsp3) is 0.385. The van der Waals surface area contributed by atoms with Crippen molar-refractivity contribution in [2.24, 2.45) is 0 Å². The van der Waals surface area contributed by atoms with E-state index in [9.17, 15) is 9.59 Å².